The van der Waals surface area contributed by atoms with Crippen molar-refractivity contribution in [2.75, 3.05) is 19.5 Å². The van der Waals surface area contributed by atoms with E-state index in [0.717, 1.165) is 11.3 Å². The van der Waals surface area contributed by atoms with Crippen LogP contribution in [-0.4, -0.2) is 25.1 Å². The number of aromatic nitrogens is 1. The van der Waals surface area contributed by atoms with Crippen LogP contribution in [0, 0.1) is 0 Å². The number of methoxy groups -OCH3 is 2. The van der Waals surface area contributed by atoms with Gasteiger partial charge in [-0.2, -0.15) is 0 Å². The molecule has 1 aromatic heterocycles. The second-order valence-corrected chi connectivity index (χ2v) is 5.79. The number of rotatable bonds is 5. The van der Waals surface area contributed by atoms with Gasteiger partial charge < -0.3 is 9.47 Å². The van der Waals surface area contributed by atoms with Crippen molar-refractivity contribution in [2.45, 2.75) is 0 Å². The van der Waals surface area contributed by atoms with Crippen LogP contribution in [-0.2, 0) is 0 Å². The summed E-state index contributed by atoms with van der Waals surface area (Å²) in [6.45, 7) is 0. The van der Waals surface area contributed by atoms with Crippen LogP contribution >= 0.6 is 11.3 Å². The molecule has 0 radical (unpaired) electrons. The van der Waals surface area contributed by atoms with Crippen LogP contribution in [0.4, 0.5) is 5.13 Å². The van der Waals surface area contributed by atoms with E-state index in [0.29, 0.717) is 22.2 Å². The molecule has 5 nitrogen and oxygen atoms in total. The summed E-state index contributed by atoms with van der Waals surface area (Å²) in [5.74, 6) is 1.12. The summed E-state index contributed by atoms with van der Waals surface area (Å²) in [5, 5.41) is 5.25. The number of anilines is 1. The fourth-order valence-corrected chi connectivity index (χ4v) is 2.93. The normalized spacial score (nSPS) is 10.2. The molecule has 24 heavy (non-hydrogen) atoms. The zero-order chi connectivity index (χ0) is 16.9. The molecular formula is C18H16N2O3S. The van der Waals surface area contributed by atoms with Crippen LogP contribution in [0.25, 0.3) is 11.3 Å². The Morgan fingerprint density at radius 3 is 2.50 bits per heavy atom. The van der Waals surface area contributed by atoms with E-state index in [1.165, 1.54) is 11.3 Å². The van der Waals surface area contributed by atoms with Crippen molar-refractivity contribution in [3.8, 4) is 22.8 Å². The molecule has 0 fully saturated rings. The number of amides is 1. The van der Waals surface area contributed by atoms with Gasteiger partial charge in [0.2, 0.25) is 0 Å². The molecule has 0 aliphatic carbocycles. The molecule has 0 unspecified atom stereocenters. The Kier molecular flexibility index (Phi) is 4.77. The summed E-state index contributed by atoms with van der Waals surface area (Å²) in [6.07, 6.45) is 0. The third-order valence-electron chi connectivity index (χ3n) is 3.44. The lowest BCUT2D eigenvalue weighted by molar-refractivity contribution is 0.102. The lowest BCUT2D eigenvalue weighted by Gasteiger charge is -2.08. The van der Waals surface area contributed by atoms with Gasteiger partial charge in [-0.25, -0.2) is 4.98 Å². The summed E-state index contributed by atoms with van der Waals surface area (Å²) >= 11 is 1.38. The predicted molar refractivity (Wildman–Crippen MR) is 95.0 cm³/mol. The molecule has 3 aromatic rings. The number of hydrogen-bond acceptors (Lipinski definition) is 5. The highest BCUT2D eigenvalue weighted by Crippen LogP contribution is 2.33. The Bertz CT molecular complexity index is 846. The van der Waals surface area contributed by atoms with E-state index < -0.39 is 0 Å². The highest BCUT2D eigenvalue weighted by Gasteiger charge is 2.11. The van der Waals surface area contributed by atoms with Crippen LogP contribution in [0.2, 0.25) is 0 Å². The largest absolute Gasteiger partial charge is 0.493 e. The number of carbonyl (C=O) groups excluding carboxylic acids is 1. The fraction of sp³-hybridized carbons (Fsp3) is 0.111. The molecule has 0 saturated carbocycles. The monoisotopic (exact) mass is 340 g/mol. The SMILES string of the molecule is COc1ccc(-c2csc(NC(=O)c3ccccc3)n2)cc1OC. The minimum atomic E-state index is -0.177. The third-order valence-corrected chi connectivity index (χ3v) is 4.20. The molecule has 0 bridgehead atoms. The standard InChI is InChI=1S/C18H16N2O3S/c1-22-15-9-8-13(10-16(15)23-2)14-11-24-18(19-14)20-17(21)12-6-4-3-5-7-12/h3-11H,1-2H3,(H,19,20,21). The number of thiazole rings is 1. The molecule has 0 atom stereocenters. The van der Waals surface area contributed by atoms with Crippen molar-refractivity contribution in [3.63, 3.8) is 0 Å². The first-order valence-corrected chi connectivity index (χ1v) is 8.13. The van der Waals surface area contributed by atoms with Crippen molar-refractivity contribution in [3.05, 3.63) is 59.5 Å². The fourth-order valence-electron chi connectivity index (χ4n) is 2.22. The number of ether oxygens (including phenoxy) is 2. The molecule has 0 aliphatic rings. The first-order valence-electron chi connectivity index (χ1n) is 7.25. The van der Waals surface area contributed by atoms with E-state index in [9.17, 15) is 4.79 Å². The lowest BCUT2D eigenvalue weighted by Crippen LogP contribution is -2.11. The van der Waals surface area contributed by atoms with Gasteiger partial charge in [0, 0.05) is 16.5 Å². The van der Waals surface area contributed by atoms with Crippen molar-refractivity contribution in [2.24, 2.45) is 0 Å². The molecule has 1 amide bonds. The molecule has 122 valence electrons. The molecule has 1 heterocycles. The molecule has 3 rings (SSSR count). The van der Waals surface area contributed by atoms with Crippen molar-refractivity contribution in [1.29, 1.82) is 0 Å². The number of nitrogens with zero attached hydrogens (tertiary/aromatic N) is 1. The Hall–Kier alpha value is -2.86. The van der Waals surface area contributed by atoms with Crippen LogP contribution in [0.5, 0.6) is 11.5 Å². The maximum atomic E-state index is 12.2. The van der Waals surface area contributed by atoms with Gasteiger partial charge in [-0.15, -0.1) is 11.3 Å². The minimum absolute atomic E-state index is 0.177. The second-order valence-electron chi connectivity index (χ2n) is 4.93. The Morgan fingerprint density at radius 1 is 1.04 bits per heavy atom. The van der Waals surface area contributed by atoms with E-state index in [1.54, 1.807) is 26.4 Å². The predicted octanol–water partition coefficient (Wildman–Crippen LogP) is 4.08. The van der Waals surface area contributed by atoms with Gasteiger partial charge in [0.1, 0.15) is 0 Å². The van der Waals surface area contributed by atoms with E-state index in [-0.39, 0.29) is 5.91 Å². The quantitative estimate of drug-likeness (QED) is 0.760. The van der Waals surface area contributed by atoms with Crippen LogP contribution in [0.15, 0.2) is 53.9 Å². The van der Waals surface area contributed by atoms with Crippen LogP contribution in [0.1, 0.15) is 10.4 Å². The molecule has 1 N–H and O–H groups in total. The van der Waals surface area contributed by atoms with Gasteiger partial charge in [-0.05, 0) is 30.3 Å². The van der Waals surface area contributed by atoms with Gasteiger partial charge in [-0.1, -0.05) is 18.2 Å². The average Bonchev–Trinajstić information content (AvgIpc) is 3.10. The molecule has 0 saturated heterocycles. The summed E-state index contributed by atoms with van der Waals surface area (Å²) < 4.78 is 10.5. The van der Waals surface area contributed by atoms with E-state index in [2.05, 4.69) is 10.3 Å². The second kappa shape index (κ2) is 7.14. The molecule has 0 aliphatic heterocycles. The smallest absolute Gasteiger partial charge is 0.257 e. The summed E-state index contributed by atoms with van der Waals surface area (Å²) in [7, 11) is 3.19. The van der Waals surface area contributed by atoms with Crippen LogP contribution in [0.3, 0.4) is 0 Å². The number of nitrogens with one attached hydrogen (secondary N) is 1. The number of benzene rings is 2. The van der Waals surface area contributed by atoms with Crippen molar-refractivity contribution in [1.82, 2.24) is 4.98 Å². The zero-order valence-corrected chi connectivity index (χ0v) is 14.1. The van der Waals surface area contributed by atoms with E-state index in [4.69, 9.17) is 9.47 Å². The number of carbonyl (C=O) groups is 1. The summed E-state index contributed by atoms with van der Waals surface area (Å²) in [6, 6.07) is 14.6. The highest BCUT2D eigenvalue weighted by atomic mass is 32.1. The minimum Gasteiger partial charge on any atom is -0.493 e. The first-order chi connectivity index (χ1) is 11.7. The molecular weight excluding hydrogens is 324 g/mol. The molecule has 6 heteroatoms. The Morgan fingerprint density at radius 2 is 1.79 bits per heavy atom. The van der Waals surface area contributed by atoms with Gasteiger partial charge in [-0.3, -0.25) is 10.1 Å². The zero-order valence-electron chi connectivity index (χ0n) is 13.3. The van der Waals surface area contributed by atoms with Gasteiger partial charge in [0.15, 0.2) is 16.6 Å². The van der Waals surface area contributed by atoms with Crippen molar-refractivity contribution >= 4 is 22.4 Å². The summed E-state index contributed by atoms with van der Waals surface area (Å²) in [4.78, 5) is 16.6. The average molecular weight is 340 g/mol. The Balaban J connectivity index is 1.79. The van der Waals surface area contributed by atoms with E-state index in [1.807, 2.05) is 41.8 Å². The topological polar surface area (TPSA) is 60.5 Å². The van der Waals surface area contributed by atoms with Gasteiger partial charge >= 0.3 is 0 Å². The molecule has 0 spiro atoms. The molecule has 2 aromatic carbocycles. The maximum absolute atomic E-state index is 12.2. The highest BCUT2D eigenvalue weighted by molar-refractivity contribution is 7.14. The maximum Gasteiger partial charge on any atom is 0.257 e. The van der Waals surface area contributed by atoms with Gasteiger partial charge in [0.05, 0.1) is 19.9 Å². The number of hydrogen-bond donors (Lipinski definition) is 1. The third kappa shape index (κ3) is 3.38. The first kappa shape index (κ1) is 16.0. The van der Waals surface area contributed by atoms with Crippen molar-refractivity contribution < 1.29 is 14.3 Å². The lowest BCUT2D eigenvalue weighted by atomic mass is 10.1. The van der Waals surface area contributed by atoms with E-state index >= 15 is 0 Å². The van der Waals surface area contributed by atoms with Crippen LogP contribution < -0.4 is 14.8 Å². The summed E-state index contributed by atoms with van der Waals surface area (Å²) in [5.41, 5.74) is 2.26. The Labute approximate surface area is 143 Å². The van der Waals surface area contributed by atoms with Gasteiger partial charge in [0.25, 0.3) is 5.91 Å².